The monoisotopic (exact) mass is 308 g/mol. The lowest BCUT2D eigenvalue weighted by Crippen LogP contribution is -2.22. The number of nitrogens with one attached hydrogen (secondary N) is 1. The fourth-order valence-electron chi connectivity index (χ4n) is 2.77. The van der Waals surface area contributed by atoms with Crippen molar-refractivity contribution in [3.63, 3.8) is 0 Å². The van der Waals surface area contributed by atoms with E-state index in [0.717, 1.165) is 36.3 Å². The zero-order valence-electron chi connectivity index (χ0n) is 13.2. The number of ether oxygens (including phenoxy) is 1. The van der Waals surface area contributed by atoms with Gasteiger partial charge >= 0.3 is 0 Å². The van der Waals surface area contributed by atoms with Gasteiger partial charge in [-0.1, -0.05) is 24.3 Å². The molecule has 0 radical (unpaired) electrons. The molecular weight excluding hydrogens is 288 g/mol. The summed E-state index contributed by atoms with van der Waals surface area (Å²) in [6.45, 7) is 2.54. The Morgan fingerprint density at radius 3 is 2.70 bits per heavy atom. The van der Waals surface area contributed by atoms with E-state index in [1.807, 2.05) is 19.1 Å². The molecule has 2 aromatic rings. The summed E-state index contributed by atoms with van der Waals surface area (Å²) in [5.74, 6) is 0.556. The molecule has 0 saturated heterocycles. The van der Waals surface area contributed by atoms with Gasteiger partial charge in [0.15, 0.2) is 0 Å². The molecular formula is C19H20N2O2. The number of amides is 1. The van der Waals surface area contributed by atoms with Gasteiger partial charge in [-0.15, -0.1) is 0 Å². The van der Waals surface area contributed by atoms with Crippen LogP contribution in [0.25, 0.3) is 0 Å². The van der Waals surface area contributed by atoms with Crippen molar-refractivity contribution in [2.24, 2.45) is 5.10 Å². The van der Waals surface area contributed by atoms with E-state index in [9.17, 15) is 4.79 Å². The zero-order chi connectivity index (χ0) is 16.1. The van der Waals surface area contributed by atoms with Crippen molar-refractivity contribution >= 4 is 11.6 Å². The molecule has 1 N–H and O–H groups in total. The summed E-state index contributed by atoms with van der Waals surface area (Å²) >= 11 is 0. The minimum atomic E-state index is -0.205. The fourth-order valence-corrected chi connectivity index (χ4v) is 2.77. The number of fused-ring (bicyclic) bond motifs is 1. The molecule has 1 amide bonds. The van der Waals surface area contributed by atoms with Crippen LogP contribution in [0, 0.1) is 0 Å². The summed E-state index contributed by atoms with van der Waals surface area (Å²) in [4.78, 5) is 12.2. The fraction of sp³-hybridized carbons (Fsp3) is 0.263. The minimum Gasteiger partial charge on any atom is -0.494 e. The molecule has 0 aromatic heterocycles. The second kappa shape index (κ2) is 7.09. The molecule has 118 valence electrons. The quantitative estimate of drug-likeness (QED) is 0.878. The second-order valence-electron chi connectivity index (χ2n) is 5.47. The van der Waals surface area contributed by atoms with Crippen molar-refractivity contribution in [3.05, 3.63) is 65.2 Å². The zero-order valence-corrected chi connectivity index (χ0v) is 13.2. The molecule has 2 aromatic carbocycles. The third kappa shape index (κ3) is 3.59. The summed E-state index contributed by atoms with van der Waals surface area (Å²) in [7, 11) is 0. The molecule has 0 bridgehead atoms. The number of aryl methyl sites for hydroxylation is 1. The molecule has 23 heavy (non-hydrogen) atoms. The lowest BCUT2D eigenvalue weighted by atomic mass is 9.90. The highest BCUT2D eigenvalue weighted by atomic mass is 16.5. The van der Waals surface area contributed by atoms with Gasteiger partial charge in [0.1, 0.15) is 5.75 Å². The maximum Gasteiger partial charge on any atom is 0.271 e. The topological polar surface area (TPSA) is 50.7 Å². The largest absolute Gasteiger partial charge is 0.494 e. The van der Waals surface area contributed by atoms with Gasteiger partial charge < -0.3 is 4.74 Å². The van der Waals surface area contributed by atoms with E-state index in [4.69, 9.17) is 4.74 Å². The van der Waals surface area contributed by atoms with Gasteiger partial charge in [-0.2, -0.15) is 5.10 Å². The molecule has 1 aliphatic rings. The van der Waals surface area contributed by atoms with Crippen molar-refractivity contribution in [2.75, 3.05) is 6.61 Å². The van der Waals surface area contributed by atoms with Crippen LogP contribution in [-0.4, -0.2) is 18.2 Å². The smallest absolute Gasteiger partial charge is 0.271 e. The number of hydrogen-bond acceptors (Lipinski definition) is 3. The third-order valence-electron chi connectivity index (χ3n) is 3.91. The van der Waals surface area contributed by atoms with E-state index >= 15 is 0 Å². The molecule has 4 heteroatoms. The van der Waals surface area contributed by atoms with E-state index in [-0.39, 0.29) is 5.91 Å². The van der Waals surface area contributed by atoms with Gasteiger partial charge in [-0.3, -0.25) is 4.79 Å². The summed E-state index contributed by atoms with van der Waals surface area (Å²) < 4.78 is 5.38. The van der Waals surface area contributed by atoms with Gasteiger partial charge in [0.05, 0.1) is 12.3 Å². The molecule has 0 heterocycles. The molecule has 1 aliphatic carbocycles. The predicted octanol–water partition coefficient (Wildman–Crippen LogP) is 3.56. The van der Waals surface area contributed by atoms with Gasteiger partial charge in [-0.25, -0.2) is 5.43 Å². The van der Waals surface area contributed by atoms with Crippen LogP contribution < -0.4 is 10.2 Å². The Hall–Kier alpha value is -2.62. The van der Waals surface area contributed by atoms with Crippen LogP contribution in [-0.2, 0) is 6.42 Å². The molecule has 3 rings (SSSR count). The Balaban J connectivity index is 1.71. The van der Waals surface area contributed by atoms with Crippen LogP contribution in [0.1, 0.15) is 41.3 Å². The number of hydrogen-bond donors (Lipinski definition) is 1. The van der Waals surface area contributed by atoms with E-state index < -0.39 is 0 Å². The molecule has 0 atom stereocenters. The van der Waals surface area contributed by atoms with Crippen molar-refractivity contribution < 1.29 is 9.53 Å². The van der Waals surface area contributed by atoms with Gasteiger partial charge in [0, 0.05) is 11.1 Å². The SMILES string of the molecule is CCOc1ccc(C(=O)N/N=C2/CCCc3ccccc32)cc1. The summed E-state index contributed by atoms with van der Waals surface area (Å²) in [6.07, 6.45) is 3.03. The van der Waals surface area contributed by atoms with E-state index in [2.05, 4.69) is 22.7 Å². The van der Waals surface area contributed by atoms with E-state index in [1.165, 1.54) is 5.56 Å². The van der Waals surface area contributed by atoms with E-state index in [0.29, 0.717) is 12.2 Å². The highest BCUT2D eigenvalue weighted by molar-refractivity contribution is 6.04. The van der Waals surface area contributed by atoms with Gasteiger partial charge in [-0.05, 0) is 56.0 Å². The number of nitrogens with zero attached hydrogens (tertiary/aromatic N) is 1. The Labute approximate surface area is 136 Å². The minimum absolute atomic E-state index is 0.205. The first-order valence-corrected chi connectivity index (χ1v) is 7.96. The van der Waals surface area contributed by atoms with Gasteiger partial charge in [0.2, 0.25) is 0 Å². The Morgan fingerprint density at radius 1 is 1.13 bits per heavy atom. The van der Waals surface area contributed by atoms with Crippen LogP contribution in [0.4, 0.5) is 0 Å². The molecule has 0 fully saturated rings. The standard InChI is InChI=1S/C19H20N2O2/c1-2-23-16-12-10-15(11-13-16)19(22)21-20-18-9-5-7-14-6-3-4-8-17(14)18/h3-4,6,8,10-13H,2,5,7,9H2,1H3,(H,21,22)/b20-18-. The first kappa shape index (κ1) is 15.3. The van der Waals surface area contributed by atoms with Crippen LogP contribution in [0.3, 0.4) is 0 Å². The number of carbonyl (C=O) groups is 1. The summed E-state index contributed by atoms with van der Waals surface area (Å²) in [5.41, 5.74) is 6.63. The highest BCUT2D eigenvalue weighted by Crippen LogP contribution is 2.21. The van der Waals surface area contributed by atoms with Crippen LogP contribution in [0.2, 0.25) is 0 Å². The second-order valence-corrected chi connectivity index (χ2v) is 5.47. The predicted molar refractivity (Wildman–Crippen MR) is 91.0 cm³/mol. The Kier molecular flexibility index (Phi) is 4.71. The average Bonchev–Trinajstić information content (AvgIpc) is 2.60. The Morgan fingerprint density at radius 2 is 1.91 bits per heavy atom. The lowest BCUT2D eigenvalue weighted by molar-refractivity contribution is 0.0954. The molecule has 4 nitrogen and oxygen atoms in total. The van der Waals surface area contributed by atoms with Crippen molar-refractivity contribution in [1.29, 1.82) is 0 Å². The summed E-state index contributed by atoms with van der Waals surface area (Å²) in [6, 6.07) is 15.3. The third-order valence-corrected chi connectivity index (χ3v) is 3.91. The van der Waals surface area contributed by atoms with Crippen molar-refractivity contribution in [3.8, 4) is 5.75 Å². The van der Waals surface area contributed by atoms with E-state index in [1.54, 1.807) is 24.3 Å². The Bertz CT molecular complexity index is 720. The van der Waals surface area contributed by atoms with Crippen LogP contribution in [0.15, 0.2) is 53.6 Å². The maximum atomic E-state index is 12.2. The first-order chi connectivity index (χ1) is 11.3. The average molecular weight is 308 g/mol. The molecule has 0 saturated carbocycles. The van der Waals surface area contributed by atoms with Crippen molar-refractivity contribution in [1.82, 2.24) is 5.43 Å². The van der Waals surface area contributed by atoms with Crippen LogP contribution >= 0.6 is 0 Å². The molecule has 0 unspecified atom stereocenters. The lowest BCUT2D eigenvalue weighted by Gasteiger charge is -2.17. The van der Waals surface area contributed by atoms with Crippen molar-refractivity contribution in [2.45, 2.75) is 26.2 Å². The summed E-state index contributed by atoms with van der Waals surface area (Å²) in [5, 5.41) is 4.35. The maximum absolute atomic E-state index is 12.2. The van der Waals surface area contributed by atoms with Crippen LogP contribution in [0.5, 0.6) is 5.75 Å². The number of benzene rings is 2. The van der Waals surface area contributed by atoms with Gasteiger partial charge in [0.25, 0.3) is 5.91 Å². The first-order valence-electron chi connectivity index (χ1n) is 7.96. The molecule has 0 aliphatic heterocycles. The number of rotatable bonds is 4. The normalized spacial score (nSPS) is 15.1. The highest BCUT2D eigenvalue weighted by Gasteiger charge is 2.15. The number of hydrazone groups is 1. The molecule has 0 spiro atoms. The number of carbonyl (C=O) groups excluding carboxylic acids is 1.